The fraction of sp³-hybridized carbons (Fsp3) is 0.667. The lowest BCUT2D eigenvalue weighted by molar-refractivity contribution is 0.00578. The number of ether oxygens (including phenoxy) is 1. The Kier molecular flexibility index (Phi) is 3.75. The number of thioether (sulfide) groups is 1. The van der Waals surface area contributed by atoms with Gasteiger partial charge in [-0.1, -0.05) is 0 Å². The Labute approximate surface area is 131 Å². The molecule has 0 N–H and O–H groups in total. The van der Waals surface area contributed by atoms with Crippen molar-refractivity contribution in [2.24, 2.45) is 0 Å². The summed E-state index contributed by atoms with van der Waals surface area (Å²) in [7, 11) is -0.405. The van der Waals surface area contributed by atoms with Gasteiger partial charge in [-0.05, 0) is 52.9 Å². The summed E-state index contributed by atoms with van der Waals surface area (Å²) in [5.41, 5.74) is 0.245. The van der Waals surface area contributed by atoms with E-state index in [1.54, 1.807) is 18.0 Å². The zero-order valence-electron chi connectivity index (χ0n) is 13.3. The fourth-order valence-electron chi connectivity index (χ4n) is 2.17. The van der Waals surface area contributed by atoms with Gasteiger partial charge in [0.05, 0.1) is 28.5 Å². The molecular weight excluding hydrogens is 285 g/mol. The van der Waals surface area contributed by atoms with E-state index < -0.39 is 7.12 Å². The van der Waals surface area contributed by atoms with E-state index >= 15 is 0 Å². The number of hydrogen-bond donors (Lipinski definition) is 0. The summed E-state index contributed by atoms with van der Waals surface area (Å²) in [4.78, 5) is 4.41. The highest BCUT2D eigenvalue weighted by Crippen LogP contribution is 2.37. The van der Waals surface area contributed by atoms with Crippen LogP contribution in [0.4, 0.5) is 0 Å². The van der Waals surface area contributed by atoms with Crippen molar-refractivity contribution in [1.29, 1.82) is 0 Å². The quantitative estimate of drug-likeness (QED) is 0.632. The van der Waals surface area contributed by atoms with E-state index in [1.165, 1.54) is 0 Å². The van der Waals surface area contributed by atoms with Crippen molar-refractivity contribution in [3.05, 3.63) is 12.3 Å². The summed E-state index contributed by atoms with van der Waals surface area (Å²) in [6.45, 7) is 8.24. The third-order valence-corrected chi connectivity index (χ3v) is 5.05. The lowest BCUT2D eigenvalue weighted by Gasteiger charge is -2.32. The van der Waals surface area contributed by atoms with Crippen molar-refractivity contribution in [2.75, 3.05) is 6.26 Å². The van der Waals surface area contributed by atoms with Crippen LogP contribution in [0.15, 0.2) is 17.3 Å². The van der Waals surface area contributed by atoms with Gasteiger partial charge in [0.25, 0.3) is 0 Å². The van der Waals surface area contributed by atoms with Crippen molar-refractivity contribution >= 4 is 24.3 Å². The SMILES string of the molecule is CSc1cc(B2OC(C)(C)C(C)(C)O2)c(OC2CC2)cn1. The van der Waals surface area contributed by atoms with Gasteiger partial charge in [0.1, 0.15) is 5.75 Å². The lowest BCUT2D eigenvalue weighted by Crippen LogP contribution is -2.41. The summed E-state index contributed by atoms with van der Waals surface area (Å²) in [5.74, 6) is 0.786. The molecule has 1 aromatic rings. The van der Waals surface area contributed by atoms with Crippen molar-refractivity contribution in [2.45, 2.75) is 62.9 Å². The van der Waals surface area contributed by atoms with Crippen LogP contribution in [-0.4, -0.2) is 35.7 Å². The summed E-state index contributed by atoms with van der Waals surface area (Å²) < 4.78 is 18.3. The Morgan fingerprint density at radius 2 is 1.86 bits per heavy atom. The Morgan fingerprint density at radius 1 is 1.24 bits per heavy atom. The molecule has 6 heteroatoms. The van der Waals surface area contributed by atoms with Gasteiger partial charge >= 0.3 is 7.12 Å². The molecule has 0 amide bonds. The molecule has 3 rings (SSSR count). The maximum absolute atomic E-state index is 6.15. The highest BCUT2D eigenvalue weighted by molar-refractivity contribution is 7.98. The summed E-state index contributed by atoms with van der Waals surface area (Å²) in [5, 5.41) is 0.947. The molecule has 1 aromatic heterocycles. The van der Waals surface area contributed by atoms with Crippen LogP contribution in [0, 0.1) is 0 Å². The predicted octanol–water partition coefficient (Wildman–Crippen LogP) is 2.64. The standard InChI is InChI=1S/C15H22BNO3S/c1-14(2)15(3,4)20-16(19-14)11-8-13(21-5)17-9-12(11)18-10-6-7-10/h8-10H,6-7H2,1-5H3. The second-order valence-electron chi connectivity index (χ2n) is 6.67. The minimum atomic E-state index is -0.405. The Bertz CT molecular complexity index is 530. The highest BCUT2D eigenvalue weighted by Gasteiger charge is 2.52. The van der Waals surface area contributed by atoms with Gasteiger partial charge in [-0.3, -0.25) is 0 Å². The zero-order valence-corrected chi connectivity index (χ0v) is 14.1. The van der Waals surface area contributed by atoms with Gasteiger partial charge in [-0.25, -0.2) is 4.98 Å². The molecule has 2 heterocycles. The van der Waals surface area contributed by atoms with Gasteiger partial charge in [0.15, 0.2) is 0 Å². The van der Waals surface area contributed by atoms with E-state index in [0.29, 0.717) is 6.10 Å². The Hall–Kier alpha value is -0.715. The molecule has 2 fully saturated rings. The molecule has 0 unspecified atom stereocenters. The van der Waals surface area contributed by atoms with E-state index in [1.807, 2.05) is 12.3 Å². The van der Waals surface area contributed by atoms with Crippen LogP contribution >= 0.6 is 11.8 Å². The zero-order chi connectivity index (χ0) is 15.3. The van der Waals surface area contributed by atoms with Crippen LogP contribution in [0.2, 0.25) is 0 Å². The number of hydrogen-bond acceptors (Lipinski definition) is 5. The van der Waals surface area contributed by atoms with E-state index in [-0.39, 0.29) is 11.2 Å². The fourth-order valence-corrected chi connectivity index (χ4v) is 2.57. The molecule has 0 atom stereocenters. The second kappa shape index (κ2) is 5.18. The van der Waals surface area contributed by atoms with Gasteiger partial charge in [-0.15, -0.1) is 11.8 Å². The normalized spacial score (nSPS) is 23.4. The third-order valence-electron chi connectivity index (χ3n) is 4.41. The molecular formula is C15H22BNO3S. The van der Waals surface area contributed by atoms with Gasteiger partial charge in [-0.2, -0.15) is 0 Å². The van der Waals surface area contributed by atoms with E-state index in [0.717, 1.165) is 29.1 Å². The number of aromatic nitrogens is 1. The van der Waals surface area contributed by atoms with Crippen LogP contribution in [0.1, 0.15) is 40.5 Å². The molecule has 1 saturated heterocycles. The second-order valence-corrected chi connectivity index (χ2v) is 7.50. The molecule has 4 nitrogen and oxygen atoms in total. The predicted molar refractivity (Wildman–Crippen MR) is 85.4 cm³/mol. The van der Waals surface area contributed by atoms with Crippen molar-refractivity contribution in [3.63, 3.8) is 0 Å². The lowest BCUT2D eigenvalue weighted by atomic mass is 9.79. The van der Waals surface area contributed by atoms with Crippen LogP contribution in [0.5, 0.6) is 5.75 Å². The average molecular weight is 307 g/mol. The largest absolute Gasteiger partial charge is 0.498 e. The molecule has 0 spiro atoms. The topological polar surface area (TPSA) is 40.6 Å². The molecule has 0 bridgehead atoms. The van der Waals surface area contributed by atoms with Gasteiger partial charge in [0.2, 0.25) is 0 Å². The Morgan fingerprint density at radius 3 is 2.38 bits per heavy atom. The number of rotatable bonds is 4. The molecule has 1 aliphatic carbocycles. The molecule has 1 saturated carbocycles. The minimum absolute atomic E-state index is 0.327. The van der Waals surface area contributed by atoms with E-state index in [9.17, 15) is 0 Å². The Balaban J connectivity index is 1.92. The molecule has 0 radical (unpaired) electrons. The molecule has 1 aliphatic heterocycles. The molecule has 21 heavy (non-hydrogen) atoms. The van der Waals surface area contributed by atoms with Crippen LogP contribution in [0.3, 0.4) is 0 Å². The number of nitrogens with zero attached hydrogens (tertiary/aromatic N) is 1. The van der Waals surface area contributed by atoms with E-state index in [4.69, 9.17) is 14.0 Å². The summed E-state index contributed by atoms with van der Waals surface area (Å²) >= 11 is 1.61. The minimum Gasteiger partial charge on any atom is -0.489 e. The van der Waals surface area contributed by atoms with Crippen LogP contribution in [-0.2, 0) is 9.31 Å². The first kappa shape index (κ1) is 15.2. The van der Waals surface area contributed by atoms with Crippen LogP contribution in [0.25, 0.3) is 0 Å². The first-order chi connectivity index (χ1) is 9.82. The van der Waals surface area contributed by atoms with Gasteiger partial charge in [0, 0.05) is 5.46 Å². The van der Waals surface area contributed by atoms with E-state index in [2.05, 4.69) is 32.7 Å². The first-order valence-electron chi connectivity index (χ1n) is 7.38. The smallest absolute Gasteiger partial charge is 0.489 e. The molecule has 0 aromatic carbocycles. The molecule has 114 valence electrons. The van der Waals surface area contributed by atoms with Gasteiger partial charge < -0.3 is 14.0 Å². The average Bonchev–Trinajstić information content (AvgIpc) is 3.18. The monoisotopic (exact) mass is 307 g/mol. The summed E-state index contributed by atoms with van der Waals surface area (Å²) in [6, 6.07) is 2.02. The van der Waals surface area contributed by atoms with Crippen molar-refractivity contribution < 1.29 is 14.0 Å². The third kappa shape index (κ3) is 2.94. The van der Waals surface area contributed by atoms with Crippen LogP contribution < -0.4 is 10.2 Å². The highest BCUT2D eigenvalue weighted by atomic mass is 32.2. The van der Waals surface area contributed by atoms with Crippen molar-refractivity contribution in [3.8, 4) is 5.75 Å². The molecule has 2 aliphatic rings. The van der Waals surface area contributed by atoms with Crippen molar-refractivity contribution in [1.82, 2.24) is 4.98 Å². The number of pyridine rings is 1. The summed E-state index contributed by atoms with van der Waals surface area (Å²) in [6.07, 6.45) is 6.37. The maximum Gasteiger partial charge on any atom is 0.498 e. The first-order valence-corrected chi connectivity index (χ1v) is 8.61. The maximum atomic E-state index is 6.15.